The van der Waals surface area contributed by atoms with Crippen LogP contribution in [0.2, 0.25) is 0 Å². The van der Waals surface area contributed by atoms with E-state index >= 15 is 0 Å². The zero-order valence-electron chi connectivity index (χ0n) is 10.1. The second-order valence-electron chi connectivity index (χ2n) is 3.90. The van der Waals surface area contributed by atoms with E-state index in [0.29, 0.717) is 32.0 Å². The minimum atomic E-state index is -0.0842. The molecule has 0 aromatic carbocycles. The molecule has 0 aliphatic rings. The van der Waals surface area contributed by atoms with E-state index < -0.39 is 0 Å². The van der Waals surface area contributed by atoms with Gasteiger partial charge in [0.15, 0.2) is 0 Å². The summed E-state index contributed by atoms with van der Waals surface area (Å²) >= 11 is 0. The average molecular weight is 227 g/mol. The van der Waals surface area contributed by atoms with Gasteiger partial charge in [0.1, 0.15) is 0 Å². The SMILES string of the molecule is CC(C)COCCNCC(=O)NCCC#N. The smallest absolute Gasteiger partial charge is 0.233 e. The Hall–Kier alpha value is -1.12. The first kappa shape index (κ1) is 14.9. The molecule has 0 bridgehead atoms. The highest BCUT2D eigenvalue weighted by molar-refractivity contribution is 5.77. The molecule has 0 saturated heterocycles. The quantitative estimate of drug-likeness (QED) is 0.555. The highest BCUT2D eigenvalue weighted by Gasteiger charge is 1.99. The monoisotopic (exact) mass is 227 g/mol. The summed E-state index contributed by atoms with van der Waals surface area (Å²) in [7, 11) is 0. The molecule has 0 radical (unpaired) electrons. The molecule has 92 valence electrons. The van der Waals surface area contributed by atoms with Gasteiger partial charge in [-0.25, -0.2) is 0 Å². The molecule has 1 amide bonds. The third kappa shape index (κ3) is 11.0. The number of amides is 1. The highest BCUT2D eigenvalue weighted by atomic mass is 16.5. The van der Waals surface area contributed by atoms with Gasteiger partial charge in [-0.05, 0) is 5.92 Å². The third-order valence-corrected chi connectivity index (χ3v) is 1.72. The molecule has 0 aliphatic heterocycles. The summed E-state index contributed by atoms with van der Waals surface area (Å²) in [6.07, 6.45) is 0.350. The first-order valence-corrected chi connectivity index (χ1v) is 5.59. The highest BCUT2D eigenvalue weighted by Crippen LogP contribution is 1.90. The lowest BCUT2D eigenvalue weighted by atomic mass is 10.2. The Kier molecular flexibility index (Phi) is 9.67. The molecule has 0 aliphatic carbocycles. The Labute approximate surface area is 97.2 Å². The Bertz CT molecular complexity index is 224. The van der Waals surface area contributed by atoms with E-state index in [-0.39, 0.29) is 12.5 Å². The summed E-state index contributed by atoms with van der Waals surface area (Å²) in [6, 6.07) is 1.96. The summed E-state index contributed by atoms with van der Waals surface area (Å²) in [5.74, 6) is 0.452. The van der Waals surface area contributed by atoms with Crippen molar-refractivity contribution >= 4 is 5.91 Å². The summed E-state index contributed by atoms with van der Waals surface area (Å²) < 4.78 is 5.34. The molecule has 0 spiro atoms. The van der Waals surface area contributed by atoms with Gasteiger partial charge in [-0.15, -0.1) is 0 Å². The molecule has 0 saturated carbocycles. The molecule has 0 heterocycles. The number of hydrogen-bond donors (Lipinski definition) is 2. The summed E-state index contributed by atoms with van der Waals surface area (Å²) in [4.78, 5) is 11.1. The zero-order chi connectivity index (χ0) is 12.2. The Morgan fingerprint density at radius 3 is 2.81 bits per heavy atom. The number of hydrogen-bond acceptors (Lipinski definition) is 4. The van der Waals surface area contributed by atoms with Crippen LogP contribution in [0.25, 0.3) is 0 Å². The van der Waals surface area contributed by atoms with Gasteiger partial charge >= 0.3 is 0 Å². The van der Waals surface area contributed by atoms with Gasteiger partial charge in [0, 0.05) is 19.7 Å². The van der Waals surface area contributed by atoms with Gasteiger partial charge in [0.05, 0.1) is 25.6 Å². The van der Waals surface area contributed by atoms with Gasteiger partial charge in [-0.2, -0.15) is 5.26 Å². The van der Waals surface area contributed by atoms with Crippen LogP contribution in [0.5, 0.6) is 0 Å². The van der Waals surface area contributed by atoms with Crippen molar-refractivity contribution in [2.24, 2.45) is 5.92 Å². The van der Waals surface area contributed by atoms with Gasteiger partial charge in [0.25, 0.3) is 0 Å². The second kappa shape index (κ2) is 10.4. The lowest BCUT2D eigenvalue weighted by molar-refractivity contribution is -0.120. The normalized spacial score (nSPS) is 10.1. The maximum absolute atomic E-state index is 11.1. The van der Waals surface area contributed by atoms with E-state index in [2.05, 4.69) is 24.5 Å². The molecule has 16 heavy (non-hydrogen) atoms. The molecule has 0 fully saturated rings. The van der Waals surface area contributed by atoms with Crippen LogP contribution in [0.15, 0.2) is 0 Å². The Balaban J connectivity index is 3.19. The topological polar surface area (TPSA) is 74.2 Å². The van der Waals surface area contributed by atoms with Crippen molar-refractivity contribution in [1.29, 1.82) is 5.26 Å². The van der Waals surface area contributed by atoms with Crippen molar-refractivity contribution in [3.05, 3.63) is 0 Å². The minimum absolute atomic E-state index is 0.0842. The summed E-state index contributed by atoms with van der Waals surface area (Å²) in [5, 5.41) is 13.9. The minimum Gasteiger partial charge on any atom is -0.380 e. The van der Waals surface area contributed by atoms with Crippen LogP contribution in [0.4, 0.5) is 0 Å². The molecule has 0 aromatic rings. The fourth-order valence-corrected chi connectivity index (χ4v) is 0.986. The largest absolute Gasteiger partial charge is 0.380 e. The molecule has 0 rings (SSSR count). The van der Waals surface area contributed by atoms with Crippen LogP contribution < -0.4 is 10.6 Å². The van der Waals surface area contributed by atoms with E-state index in [4.69, 9.17) is 10.00 Å². The van der Waals surface area contributed by atoms with Crippen LogP contribution in [0.1, 0.15) is 20.3 Å². The second-order valence-corrected chi connectivity index (χ2v) is 3.90. The van der Waals surface area contributed by atoms with Crippen molar-refractivity contribution in [3.63, 3.8) is 0 Å². The molecule has 0 atom stereocenters. The maximum atomic E-state index is 11.1. The molecule has 5 heteroatoms. The van der Waals surface area contributed by atoms with Crippen molar-refractivity contribution in [2.75, 3.05) is 32.8 Å². The number of ether oxygens (including phenoxy) is 1. The number of nitriles is 1. The van der Waals surface area contributed by atoms with Crippen LogP contribution in [0.3, 0.4) is 0 Å². The number of nitrogens with zero attached hydrogens (tertiary/aromatic N) is 1. The van der Waals surface area contributed by atoms with E-state index in [1.807, 2.05) is 6.07 Å². The molecule has 0 aromatic heterocycles. The van der Waals surface area contributed by atoms with Crippen LogP contribution in [-0.4, -0.2) is 38.8 Å². The van der Waals surface area contributed by atoms with Crippen LogP contribution in [0, 0.1) is 17.2 Å². The van der Waals surface area contributed by atoms with Crippen LogP contribution in [-0.2, 0) is 9.53 Å². The van der Waals surface area contributed by atoms with Gasteiger partial charge in [-0.3, -0.25) is 4.79 Å². The van der Waals surface area contributed by atoms with Gasteiger partial charge < -0.3 is 15.4 Å². The summed E-state index contributed by atoms with van der Waals surface area (Å²) in [6.45, 7) is 6.90. The first-order chi connectivity index (χ1) is 7.66. The van der Waals surface area contributed by atoms with Crippen molar-refractivity contribution in [2.45, 2.75) is 20.3 Å². The van der Waals surface area contributed by atoms with Crippen molar-refractivity contribution < 1.29 is 9.53 Å². The average Bonchev–Trinajstić information content (AvgIpc) is 2.23. The lowest BCUT2D eigenvalue weighted by Gasteiger charge is -2.07. The zero-order valence-corrected chi connectivity index (χ0v) is 10.1. The maximum Gasteiger partial charge on any atom is 0.233 e. The fraction of sp³-hybridized carbons (Fsp3) is 0.818. The molecular weight excluding hydrogens is 206 g/mol. The number of rotatable bonds is 9. The third-order valence-electron chi connectivity index (χ3n) is 1.72. The van der Waals surface area contributed by atoms with E-state index in [9.17, 15) is 4.79 Å². The van der Waals surface area contributed by atoms with E-state index in [1.54, 1.807) is 0 Å². The molecule has 2 N–H and O–H groups in total. The van der Waals surface area contributed by atoms with Gasteiger partial charge in [0.2, 0.25) is 5.91 Å². The van der Waals surface area contributed by atoms with Crippen molar-refractivity contribution in [1.82, 2.24) is 10.6 Å². The number of carbonyl (C=O) groups excluding carboxylic acids is 1. The molecule has 5 nitrogen and oxygen atoms in total. The number of nitrogens with one attached hydrogen (secondary N) is 2. The van der Waals surface area contributed by atoms with Crippen molar-refractivity contribution in [3.8, 4) is 6.07 Å². The Morgan fingerprint density at radius 1 is 1.44 bits per heavy atom. The Morgan fingerprint density at radius 2 is 2.19 bits per heavy atom. The van der Waals surface area contributed by atoms with Gasteiger partial charge in [-0.1, -0.05) is 13.8 Å². The standard InChI is InChI=1S/C11H21N3O2/c1-10(2)9-16-7-6-13-8-11(15)14-5-3-4-12/h10,13H,3,5-9H2,1-2H3,(H,14,15). The number of carbonyl (C=O) groups is 1. The van der Waals surface area contributed by atoms with E-state index in [1.165, 1.54) is 0 Å². The predicted octanol–water partition coefficient (Wildman–Crippen LogP) is 0.278. The van der Waals surface area contributed by atoms with E-state index in [0.717, 1.165) is 6.61 Å². The summed E-state index contributed by atoms with van der Waals surface area (Å²) in [5.41, 5.74) is 0. The molecular formula is C11H21N3O2. The van der Waals surface area contributed by atoms with Crippen LogP contribution >= 0.6 is 0 Å². The lowest BCUT2D eigenvalue weighted by Crippen LogP contribution is -2.35. The first-order valence-electron chi connectivity index (χ1n) is 5.59. The predicted molar refractivity (Wildman–Crippen MR) is 61.8 cm³/mol. The fourth-order valence-electron chi connectivity index (χ4n) is 0.986. The molecule has 0 unspecified atom stereocenters.